The Morgan fingerprint density at radius 3 is 2.52 bits per heavy atom. The number of nitrogens with two attached hydrogens (primary N) is 1. The van der Waals surface area contributed by atoms with Gasteiger partial charge in [0.25, 0.3) is 5.91 Å². The number of halogens is 3. The maximum Gasteiger partial charge on any atom is 0.417 e. The number of amides is 1. The fourth-order valence-electron chi connectivity index (χ4n) is 2.47. The smallest absolute Gasteiger partial charge is 0.417 e. The van der Waals surface area contributed by atoms with Crippen LogP contribution in [0.3, 0.4) is 0 Å². The van der Waals surface area contributed by atoms with Crippen LogP contribution in [0, 0.1) is 6.92 Å². The minimum atomic E-state index is -4.52. The van der Waals surface area contributed by atoms with E-state index < -0.39 is 17.6 Å². The monoisotopic (exact) mass is 377 g/mol. The molecule has 0 unspecified atom stereocenters. The molecule has 0 saturated carbocycles. The fourth-order valence-corrected chi connectivity index (χ4v) is 2.47. The van der Waals surface area contributed by atoms with Crippen molar-refractivity contribution >= 4 is 17.5 Å². The van der Waals surface area contributed by atoms with Gasteiger partial charge in [-0.2, -0.15) is 18.3 Å². The summed E-state index contributed by atoms with van der Waals surface area (Å²) in [5, 5.41) is 16.5. The van der Waals surface area contributed by atoms with E-state index in [2.05, 4.69) is 15.4 Å². The number of hydrogen-bond donors (Lipinski definition) is 3. The Morgan fingerprint density at radius 2 is 1.93 bits per heavy atom. The molecule has 27 heavy (non-hydrogen) atoms. The van der Waals surface area contributed by atoms with Crippen molar-refractivity contribution in [3.63, 3.8) is 0 Å². The number of phenolic OH excluding ortho intramolecular Hbond substituents is 1. The second-order valence-electron chi connectivity index (χ2n) is 5.63. The molecule has 7 nitrogen and oxygen atoms in total. The van der Waals surface area contributed by atoms with Crippen molar-refractivity contribution in [2.45, 2.75) is 13.1 Å². The van der Waals surface area contributed by atoms with Gasteiger partial charge in [0, 0.05) is 6.20 Å². The van der Waals surface area contributed by atoms with Gasteiger partial charge < -0.3 is 16.2 Å². The summed E-state index contributed by atoms with van der Waals surface area (Å²) in [7, 11) is 0. The molecular formula is C17H14F3N5O2. The zero-order valence-corrected chi connectivity index (χ0v) is 13.9. The molecule has 4 N–H and O–H groups in total. The third-order valence-corrected chi connectivity index (χ3v) is 3.77. The Kier molecular flexibility index (Phi) is 4.48. The number of aryl methyl sites for hydroxylation is 1. The van der Waals surface area contributed by atoms with Crippen molar-refractivity contribution in [3.8, 4) is 11.4 Å². The highest BCUT2D eigenvalue weighted by atomic mass is 19.4. The summed E-state index contributed by atoms with van der Waals surface area (Å²) >= 11 is 0. The third kappa shape index (κ3) is 3.54. The first-order valence-corrected chi connectivity index (χ1v) is 7.66. The first kappa shape index (κ1) is 18.2. The second kappa shape index (κ2) is 6.63. The SMILES string of the molecule is Cc1nn(-c2ccccc2O)c(N)c1C(=O)Nc1ccc(C(F)(F)F)cn1. The lowest BCUT2D eigenvalue weighted by Crippen LogP contribution is -2.16. The Bertz CT molecular complexity index is 997. The summed E-state index contributed by atoms with van der Waals surface area (Å²) in [6.07, 6.45) is -3.90. The number of pyridine rings is 1. The predicted molar refractivity (Wildman–Crippen MR) is 91.6 cm³/mol. The molecule has 3 aromatic rings. The van der Waals surface area contributed by atoms with Crippen molar-refractivity contribution in [1.29, 1.82) is 0 Å². The average Bonchev–Trinajstić information content (AvgIpc) is 2.89. The summed E-state index contributed by atoms with van der Waals surface area (Å²) in [5.41, 5.74) is 5.66. The minimum Gasteiger partial charge on any atom is -0.506 e. The number of rotatable bonds is 3. The van der Waals surface area contributed by atoms with Crippen molar-refractivity contribution in [2.75, 3.05) is 11.1 Å². The molecule has 0 atom stereocenters. The Morgan fingerprint density at radius 1 is 1.22 bits per heavy atom. The topological polar surface area (TPSA) is 106 Å². The molecule has 2 aromatic heterocycles. The predicted octanol–water partition coefficient (Wildman–Crippen LogP) is 3.13. The van der Waals surface area contributed by atoms with Crippen LogP contribution in [0.15, 0.2) is 42.6 Å². The number of para-hydroxylation sites is 2. The zero-order chi connectivity index (χ0) is 19.8. The van der Waals surface area contributed by atoms with Crippen LogP contribution < -0.4 is 11.1 Å². The number of anilines is 2. The van der Waals surface area contributed by atoms with E-state index >= 15 is 0 Å². The maximum absolute atomic E-state index is 12.6. The lowest BCUT2D eigenvalue weighted by molar-refractivity contribution is -0.137. The summed E-state index contributed by atoms with van der Waals surface area (Å²) in [6.45, 7) is 1.54. The second-order valence-corrected chi connectivity index (χ2v) is 5.63. The van der Waals surface area contributed by atoms with Crippen LogP contribution >= 0.6 is 0 Å². The molecule has 0 radical (unpaired) electrons. The molecule has 0 saturated heterocycles. The number of benzene rings is 1. The van der Waals surface area contributed by atoms with Crippen LogP contribution in [0.2, 0.25) is 0 Å². The van der Waals surface area contributed by atoms with Gasteiger partial charge in [-0.3, -0.25) is 4.79 Å². The number of phenols is 1. The number of nitrogen functional groups attached to an aromatic ring is 1. The summed E-state index contributed by atoms with van der Waals surface area (Å²) in [5.74, 6) is -0.859. The molecule has 0 spiro atoms. The molecule has 1 aromatic carbocycles. The van der Waals surface area contributed by atoms with Crippen molar-refractivity contribution in [2.24, 2.45) is 0 Å². The first-order chi connectivity index (χ1) is 12.7. The number of aromatic hydroxyl groups is 1. The van der Waals surface area contributed by atoms with Crippen LogP contribution in [0.25, 0.3) is 5.69 Å². The zero-order valence-electron chi connectivity index (χ0n) is 13.9. The number of carbonyl (C=O) groups is 1. The van der Waals surface area contributed by atoms with Gasteiger partial charge >= 0.3 is 6.18 Å². The number of hydrogen-bond acceptors (Lipinski definition) is 5. The van der Waals surface area contributed by atoms with Gasteiger partial charge in [-0.15, -0.1) is 0 Å². The first-order valence-electron chi connectivity index (χ1n) is 7.66. The van der Waals surface area contributed by atoms with E-state index in [1.807, 2.05) is 0 Å². The summed E-state index contributed by atoms with van der Waals surface area (Å²) in [6, 6.07) is 8.14. The molecule has 0 aliphatic carbocycles. The number of nitrogens with zero attached hydrogens (tertiary/aromatic N) is 3. The summed E-state index contributed by atoms with van der Waals surface area (Å²) < 4.78 is 38.9. The normalized spacial score (nSPS) is 11.4. The van der Waals surface area contributed by atoms with Gasteiger partial charge in [0.15, 0.2) is 0 Å². The van der Waals surface area contributed by atoms with Crippen LogP contribution in [0.4, 0.5) is 24.8 Å². The van der Waals surface area contributed by atoms with Gasteiger partial charge in [-0.25, -0.2) is 9.67 Å². The van der Waals surface area contributed by atoms with Crippen LogP contribution in [0.5, 0.6) is 5.75 Å². The number of alkyl halides is 3. The van der Waals surface area contributed by atoms with Gasteiger partial charge in [-0.1, -0.05) is 12.1 Å². The highest BCUT2D eigenvalue weighted by Crippen LogP contribution is 2.29. The van der Waals surface area contributed by atoms with Crippen LogP contribution in [-0.4, -0.2) is 25.8 Å². The summed E-state index contributed by atoms with van der Waals surface area (Å²) in [4.78, 5) is 16.1. The van der Waals surface area contributed by atoms with Crippen molar-refractivity contribution < 1.29 is 23.1 Å². The number of aromatic nitrogens is 3. The molecule has 0 aliphatic rings. The standard InChI is InChI=1S/C17H14F3N5O2/c1-9-14(15(21)25(24-9)11-4-2-3-5-12(11)26)16(27)23-13-7-6-10(8-22-13)17(18,19)20/h2-8,26H,21H2,1H3,(H,22,23,27). The largest absolute Gasteiger partial charge is 0.506 e. The van der Waals surface area contributed by atoms with Crippen LogP contribution in [0.1, 0.15) is 21.6 Å². The van der Waals surface area contributed by atoms with Gasteiger partial charge in [0.1, 0.15) is 28.6 Å². The van der Waals surface area contributed by atoms with Gasteiger partial charge in [-0.05, 0) is 31.2 Å². The Balaban J connectivity index is 1.89. The molecule has 10 heteroatoms. The molecule has 0 bridgehead atoms. The highest BCUT2D eigenvalue weighted by Gasteiger charge is 2.31. The van der Waals surface area contributed by atoms with Gasteiger partial charge in [0.05, 0.1) is 11.3 Å². The quantitative estimate of drug-likeness (QED) is 0.650. The lowest BCUT2D eigenvalue weighted by atomic mass is 10.2. The van der Waals surface area contributed by atoms with Crippen molar-refractivity contribution in [3.05, 3.63) is 59.4 Å². The van der Waals surface area contributed by atoms with E-state index in [4.69, 9.17) is 5.73 Å². The van der Waals surface area contributed by atoms with E-state index in [9.17, 15) is 23.1 Å². The molecule has 1 amide bonds. The third-order valence-electron chi connectivity index (χ3n) is 3.77. The molecule has 2 heterocycles. The van der Waals surface area contributed by atoms with Crippen molar-refractivity contribution in [1.82, 2.24) is 14.8 Å². The molecule has 140 valence electrons. The van der Waals surface area contributed by atoms with E-state index in [1.54, 1.807) is 25.1 Å². The number of carbonyl (C=O) groups excluding carboxylic acids is 1. The minimum absolute atomic E-state index is 0.0277. The molecule has 3 rings (SSSR count). The lowest BCUT2D eigenvalue weighted by Gasteiger charge is -2.09. The van der Waals surface area contributed by atoms with Crippen LogP contribution in [-0.2, 0) is 6.18 Å². The van der Waals surface area contributed by atoms with E-state index in [0.29, 0.717) is 6.20 Å². The Hall–Kier alpha value is -3.56. The van der Waals surface area contributed by atoms with E-state index in [0.717, 1.165) is 12.1 Å². The highest BCUT2D eigenvalue weighted by molar-refractivity contribution is 6.07. The average molecular weight is 377 g/mol. The molecule has 0 aliphatic heterocycles. The molecular weight excluding hydrogens is 363 g/mol. The Labute approximate surface area is 151 Å². The van der Waals surface area contributed by atoms with E-state index in [-0.39, 0.29) is 34.3 Å². The fraction of sp³-hybridized carbons (Fsp3) is 0.118. The molecule has 0 fully saturated rings. The number of nitrogens with one attached hydrogen (secondary N) is 1. The van der Waals surface area contributed by atoms with Gasteiger partial charge in [0.2, 0.25) is 0 Å². The van der Waals surface area contributed by atoms with E-state index in [1.165, 1.54) is 10.7 Å². The maximum atomic E-state index is 12.6.